The smallest absolute Gasteiger partial charge is 0.262 e. The fourth-order valence-corrected chi connectivity index (χ4v) is 5.62. The zero-order valence-electron chi connectivity index (χ0n) is 26.5. The number of aryl methyl sites for hydroxylation is 3. The monoisotopic (exact) mass is 632 g/mol. The minimum absolute atomic E-state index is 0.00749. The van der Waals surface area contributed by atoms with Crippen molar-refractivity contribution in [1.29, 1.82) is 0 Å². The number of methoxy groups -OCH3 is 1. The summed E-state index contributed by atoms with van der Waals surface area (Å²) in [7, 11) is 1.55. The van der Waals surface area contributed by atoms with E-state index in [0.29, 0.717) is 29.4 Å². The molecule has 238 valence electrons. The van der Waals surface area contributed by atoms with E-state index < -0.39 is 15.9 Å². The van der Waals surface area contributed by atoms with Gasteiger partial charge in [0.1, 0.15) is 5.56 Å². The molecule has 11 nitrogen and oxygen atoms in total. The van der Waals surface area contributed by atoms with Crippen LogP contribution >= 0.6 is 0 Å². The summed E-state index contributed by atoms with van der Waals surface area (Å²) in [5.41, 5.74) is 4.13. The highest BCUT2D eigenvalue weighted by Crippen LogP contribution is 2.34. The Morgan fingerprint density at radius 1 is 0.978 bits per heavy atom. The number of hydrogen-bond acceptors (Lipinski definition) is 9. The number of benzene rings is 3. The lowest BCUT2D eigenvalue weighted by atomic mass is 10.1. The van der Waals surface area contributed by atoms with Crippen molar-refractivity contribution in [2.75, 3.05) is 44.9 Å². The van der Waals surface area contributed by atoms with Crippen molar-refractivity contribution in [3.05, 3.63) is 89.1 Å². The van der Waals surface area contributed by atoms with Crippen LogP contribution in [0.25, 0.3) is 0 Å². The van der Waals surface area contributed by atoms with Crippen molar-refractivity contribution < 1.29 is 22.7 Å². The van der Waals surface area contributed by atoms with Crippen LogP contribution in [-0.2, 0) is 16.4 Å². The first-order valence-corrected chi connectivity index (χ1v) is 16.1. The van der Waals surface area contributed by atoms with Crippen molar-refractivity contribution in [2.24, 2.45) is 0 Å². The maximum atomic E-state index is 13.6. The predicted molar refractivity (Wildman–Crippen MR) is 176 cm³/mol. The Bertz CT molecular complexity index is 1740. The molecule has 0 saturated carbocycles. The van der Waals surface area contributed by atoms with E-state index in [1.54, 1.807) is 25.3 Å². The third-order valence-electron chi connectivity index (χ3n) is 6.94. The van der Waals surface area contributed by atoms with Crippen LogP contribution in [0.1, 0.15) is 40.4 Å². The molecule has 1 aromatic heterocycles. The van der Waals surface area contributed by atoms with Crippen LogP contribution in [0.15, 0.2) is 71.8 Å². The summed E-state index contributed by atoms with van der Waals surface area (Å²) in [6.45, 7) is 6.76. The number of rotatable bonds is 14. The third kappa shape index (κ3) is 8.78. The van der Waals surface area contributed by atoms with Crippen molar-refractivity contribution >= 4 is 33.3 Å². The van der Waals surface area contributed by atoms with Crippen LogP contribution < -0.4 is 24.8 Å². The Morgan fingerprint density at radius 2 is 1.71 bits per heavy atom. The summed E-state index contributed by atoms with van der Waals surface area (Å²) >= 11 is 0. The van der Waals surface area contributed by atoms with Gasteiger partial charge < -0.3 is 25.0 Å². The fourth-order valence-electron chi connectivity index (χ4n) is 4.55. The number of para-hydroxylation sites is 1. The molecule has 4 aromatic rings. The number of amides is 1. The van der Waals surface area contributed by atoms with Crippen LogP contribution in [-0.4, -0.2) is 63.5 Å². The van der Waals surface area contributed by atoms with E-state index in [1.165, 1.54) is 18.3 Å². The van der Waals surface area contributed by atoms with Gasteiger partial charge in [-0.2, -0.15) is 4.98 Å². The molecule has 1 heterocycles. The number of carbonyl (C=O) groups excluding carboxylic acids is 1. The van der Waals surface area contributed by atoms with Crippen molar-refractivity contribution in [3.8, 4) is 17.4 Å². The molecular formula is C33H40N6O5S. The molecule has 0 fully saturated rings. The summed E-state index contributed by atoms with van der Waals surface area (Å²) in [6, 6.07) is 17.7. The van der Waals surface area contributed by atoms with Crippen LogP contribution in [0.3, 0.4) is 0 Å². The number of aromatic nitrogens is 2. The second kappa shape index (κ2) is 15.0. The Hall–Kier alpha value is -4.52. The first-order valence-electron chi connectivity index (χ1n) is 14.6. The molecular weight excluding hydrogens is 592 g/mol. The van der Waals surface area contributed by atoms with Gasteiger partial charge in [-0.25, -0.2) is 18.1 Å². The molecule has 4 rings (SSSR count). The van der Waals surface area contributed by atoms with Gasteiger partial charge in [-0.15, -0.1) is 0 Å². The minimum Gasteiger partial charge on any atom is -0.493 e. The topological polar surface area (TPSA) is 135 Å². The van der Waals surface area contributed by atoms with Crippen molar-refractivity contribution in [2.45, 2.75) is 38.5 Å². The molecule has 0 bridgehead atoms. The SMILES string of the molecule is CCCc1ccc(Oc2nc(Nc3cccc(S(=O)(=O)NCCN(C)C)c3)ncc2C(=O)Nc2c(C)cccc2C)c(OC)c1. The molecule has 3 aromatic carbocycles. The first-order chi connectivity index (χ1) is 21.5. The van der Waals surface area contributed by atoms with Crippen LogP contribution in [0.5, 0.6) is 17.4 Å². The number of hydrogen-bond donors (Lipinski definition) is 3. The summed E-state index contributed by atoms with van der Waals surface area (Å²) in [6.07, 6.45) is 3.22. The van der Waals surface area contributed by atoms with Gasteiger partial charge in [0.15, 0.2) is 11.5 Å². The summed E-state index contributed by atoms with van der Waals surface area (Å²) in [4.78, 5) is 24.4. The molecule has 0 atom stereocenters. The highest BCUT2D eigenvalue weighted by molar-refractivity contribution is 7.89. The van der Waals surface area contributed by atoms with Gasteiger partial charge in [0.25, 0.3) is 5.91 Å². The number of nitrogens with zero attached hydrogens (tertiary/aromatic N) is 3. The zero-order chi connectivity index (χ0) is 32.6. The maximum Gasteiger partial charge on any atom is 0.262 e. The molecule has 0 aliphatic heterocycles. The highest BCUT2D eigenvalue weighted by atomic mass is 32.2. The van der Waals surface area contributed by atoms with Gasteiger partial charge in [0.05, 0.1) is 12.0 Å². The second-order valence-electron chi connectivity index (χ2n) is 10.8. The standard InChI is InChI=1S/C33H40N6O5S/c1-7-10-24-15-16-28(29(19-24)43-6)44-32-27(31(40)37-30-22(2)11-8-12-23(30)3)21-34-33(38-32)36-25-13-9-14-26(20-25)45(41,42)35-17-18-39(4)5/h8-9,11-16,19-21,35H,7,10,17-18H2,1-6H3,(H,37,40)(H,34,36,38). The Kier molecular flexibility index (Phi) is 11.1. The minimum atomic E-state index is -3.74. The molecule has 0 radical (unpaired) electrons. The van der Waals surface area contributed by atoms with Crippen LogP contribution in [0, 0.1) is 13.8 Å². The average Bonchev–Trinajstić information content (AvgIpc) is 3.00. The highest BCUT2D eigenvalue weighted by Gasteiger charge is 2.21. The van der Waals surface area contributed by atoms with E-state index >= 15 is 0 Å². The van der Waals surface area contributed by atoms with Gasteiger partial charge in [-0.1, -0.05) is 43.7 Å². The van der Waals surface area contributed by atoms with Gasteiger partial charge in [-0.05, 0) is 81.4 Å². The number of ether oxygens (including phenoxy) is 2. The van der Waals surface area contributed by atoms with Crippen molar-refractivity contribution in [1.82, 2.24) is 19.6 Å². The fraction of sp³-hybridized carbons (Fsp3) is 0.303. The molecule has 0 spiro atoms. The average molecular weight is 633 g/mol. The molecule has 12 heteroatoms. The summed E-state index contributed by atoms with van der Waals surface area (Å²) in [5.74, 6) is 0.513. The number of anilines is 3. The molecule has 0 unspecified atom stereocenters. The van der Waals surface area contributed by atoms with Crippen molar-refractivity contribution in [3.63, 3.8) is 0 Å². The lowest BCUT2D eigenvalue weighted by molar-refractivity contribution is 0.102. The Labute approximate surface area is 265 Å². The number of carbonyl (C=O) groups is 1. The lowest BCUT2D eigenvalue weighted by Gasteiger charge is -2.16. The van der Waals surface area contributed by atoms with E-state index in [-0.39, 0.29) is 28.8 Å². The number of likely N-dealkylation sites (N-methyl/N-ethyl adjacent to an activating group) is 1. The van der Waals surface area contributed by atoms with Gasteiger partial charge in [0.2, 0.25) is 21.9 Å². The van der Waals surface area contributed by atoms with Gasteiger partial charge in [0, 0.05) is 30.7 Å². The largest absolute Gasteiger partial charge is 0.493 e. The maximum absolute atomic E-state index is 13.6. The molecule has 0 aliphatic rings. The number of nitrogens with one attached hydrogen (secondary N) is 3. The lowest BCUT2D eigenvalue weighted by Crippen LogP contribution is -2.31. The quantitative estimate of drug-likeness (QED) is 0.160. The molecule has 3 N–H and O–H groups in total. The zero-order valence-corrected chi connectivity index (χ0v) is 27.3. The Balaban J connectivity index is 1.68. The van der Waals surface area contributed by atoms with Gasteiger partial charge in [-0.3, -0.25) is 4.79 Å². The molecule has 1 amide bonds. The van der Waals surface area contributed by atoms with E-state index in [2.05, 4.69) is 32.2 Å². The summed E-state index contributed by atoms with van der Waals surface area (Å²) < 4.78 is 40.1. The van der Waals surface area contributed by atoms with Gasteiger partial charge >= 0.3 is 0 Å². The Morgan fingerprint density at radius 3 is 2.40 bits per heavy atom. The third-order valence-corrected chi connectivity index (χ3v) is 8.40. The summed E-state index contributed by atoms with van der Waals surface area (Å²) in [5, 5.41) is 6.00. The second-order valence-corrected chi connectivity index (χ2v) is 12.6. The van der Waals surface area contributed by atoms with Crippen LogP contribution in [0.2, 0.25) is 0 Å². The van der Waals surface area contributed by atoms with E-state index in [1.807, 2.05) is 63.2 Å². The molecule has 45 heavy (non-hydrogen) atoms. The van der Waals surface area contributed by atoms with E-state index in [0.717, 1.165) is 29.5 Å². The predicted octanol–water partition coefficient (Wildman–Crippen LogP) is 5.68. The number of sulfonamides is 1. The normalized spacial score (nSPS) is 11.4. The van der Waals surface area contributed by atoms with E-state index in [9.17, 15) is 13.2 Å². The first kappa shape index (κ1) is 33.4. The molecule has 0 saturated heterocycles. The molecule has 0 aliphatic carbocycles. The van der Waals surface area contributed by atoms with E-state index in [4.69, 9.17) is 9.47 Å². The van der Waals surface area contributed by atoms with Crippen LogP contribution in [0.4, 0.5) is 17.3 Å².